The molecule has 0 bridgehead atoms. The van der Waals surface area contributed by atoms with E-state index in [9.17, 15) is 14.7 Å². The van der Waals surface area contributed by atoms with Gasteiger partial charge in [-0.25, -0.2) is 9.59 Å². The number of rotatable bonds is 11. The van der Waals surface area contributed by atoms with Gasteiger partial charge < -0.3 is 14.6 Å². The highest BCUT2D eigenvalue weighted by Crippen LogP contribution is 2.27. The molecule has 0 heterocycles. The lowest BCUT2D eigenvalue weighted by Gasteiger charge is -2.15. The highest BCUT2D eigenvalue weighted by atomic mass is 16.6. The molecule has 0 saturated heterocycles. The number of unbranched alkanes of at least 4 members (excludes halogenated alkanes) is 1. The molecule has 1 rings (SSSR count). The zero-order valence-electron chi connectivity index (χ0n) is 17.4. The van der Waals surface area contributed by atoms with Crippen molar-refractivity contribution in [3.63, 3.8) is 0 Å². The van der Waals surface area contributed by atoms with Crippen LogP contribution in [0.1, 0.15) is 59.8 Å². The van der Waals surface area contributed by atoms with E-state index in [1.54, 1.807) is 0 Å². The van der Waals surface area contributed by atoms with Gasteiger partial charge in [0, 0.05) is 5.69 Å². The van der Waals surface area contributed by atoms with Crippen LogP contribution in [-0.2, 0) is 9.47 Å². The largest absolute Gasteiger partial charge is 0.506 e. The van der Waals surface area contributed by atoms with Gasteiger partial charge in [-0.15, -0.1) is 0 Å². The molecule has 2 unspecified atom stereocenters. The summed E-state index contributed by atoms with van der Waals surface area (Å²) in [5, 5.41) is 15.0. The van der Waals surface area contributed by atoms with Gasteiger partial charge in [-0.3, -0.25) is 10.6 Å². The van der Waals surface area contributed by atoms with Crippen LogP contribution < -0.4 is 10.6 Å². The second kappa shape index (κ2) is 12.9. The number of aromatic hydroxyl groups is 1. The lowest BCUT2D eigenvalue weighted by Crippen LogP contribution is -2.19. The van der Waals surface area contributed by atoms with Crippen molar-refractivity contribution in [1.29, 1.82) is 0 Å². The number of hydrogen-bond acceptors (Lipinski definition) is 5. The van der Waals surface area contributed by atoms with Crippen LogP contribution in [0.25, 0.3) is 0 Å². The fourth-order valence-corrected chi connectivity index (χ4v) is 2.44. The van der Waals surface area contributed by atoms with E-state index in [0.717, 1.165) is 32.1 Å². The average molecular weight is 395 g/mol. The number of carbonyl (C=O) groups excluding carboxylic acids is 2. The third kappa shape index (κ3) is 8.97. The number of nitrogens with one attached hydrogen (secondary N) is 2. The Morgan fingerprint density at radius 2 is 1.71 bits per heavy atom. The van der Waals surface area contributed by atoms with Crippen LogP contribution in [0.15, 0.2) is 18.2 Å². The SMILES string of the molecule is CCCCC(CC)COC(=O)Nc1ccc(O)c(NC(=O)OCC(C)CC)c1. The molecule has 1 aromatic rings. The molecule has 0 aliphatic heterocycles. The molecule has 2 amide bonds. The fraction of sp³-hybridized carbons (Fsp3) is 0.619. The molecule has 0 fully saturated rings. The first-order chi connectivity index (χ1) is 13.4. The normalized spacial score (nSPS) is 12.7. The molecule has 7 heteroatoms. The Labute approximate surface area is 167 Å². The molecule has 1 aromatic carbocycles. The number of amides is 2. The van der Waals surface area contributed by atoms with Crippen LogP contribution in [0.3, 0.4) is 0 Å². The van der Waals surface area contributed by atoms with E-state index in [1.165, 1.54) is 18.2 Å². The van der Waals surface area contributed by atoms with Gasteiger partial charge in [-0.05, 0) is 36.5 Å². The molecule has 7 nitrogen and oxygen atoms in total. The Balaban J connectivity index is 2.57. The first-order valence-electron chi connectivity index (χ1n) is 10.1. The van der Waals surface area contributed by atoms with E-state index in [-0.39, 0.29) is 17.4 Å². The summed E-state index contributed by atoms with van der Waals surface area (Å²) in [5.41, 5.74) is 0.558. The molecular formula is C21H34N2O5. The fourth-order valence-electron chi connectivity index (χ4n) is 2.44. The Morgan fingerprint density at radius 3 is 2.36 bits per heavy atom. The minimum Gasteiger partial charge on any atom is -0.506 e. The van der Waals surface area contributed by atoms with Crippen LogP contribution in [0.5, 0.6) is 5.75 Å². The molecule has 0 aliphatic carbocycles. The summed E-state index contributed by atoms with van der Waals surface area (Å²) in [4.78, 5) is 23.9. The number of anilines is 2. The quantitative estimate of drug-likeness (QED) is 0.328. The second-order valence-electron chi connectivity index (χ2n) is 7.11. The van der Waals surface area contributed by atoms with Gasteiger partial charge in [0.2, 0.25) is 0 Å². The highest BCUT2D eigenvalue weighted by molar-refractivity contribution is 5.90. The third-order valence-electron chi connectivity index (χ3n) is 4.67. The average Bonchev–Trinajstić information content (AvgIpc) is 2.68. The number of hydrogen-bond donors (Lipinski definition) is 3. The van der Waals surface area contributed by atoms with Crippen molar-refractivity contribution in [1.82, 2.24) is 0 Å². The number of carbonyl (C=O) groups is 2. The van der Waals surface area contributed by atoms with Gasteiger partial charge in [0.05, 0.1) is 18.9 Å². The summed E-state index contributed by atoms with van der Waals surface area (Å²) in [6.07, 6.45) is 3.90. The van der Waals surface area contributed by atoms with Gasteiger partial charge in [0.25, 0.3) is 0 Å². The summed E-state index contributed by atoms with van der Waals surface area (Å²) in [6, 6.07) is 4.37. The summed E-state index contributed by atoms with van der Waals surface area (Å²) < 4.78 is 10.4. The Bertz CT molecular complexity index is 621. The third-order valence-corrected chi connectivity index (χ3v) is 4.67. The maximum atomic E-state index is 12.0. The maximum absolute atomic E-state index is 12.0. The van der Waals surface area contributed by atoms with Crippen molar-refractivity contribution in [2.75, 3.05) is 23.8 Å². The van der Waals surface area contributed by atoms with Crippen LogP contribution in [0.2, 0.25) is 0 Å². The number of phenols is 1. The molecule has 158 valence electrons. The van der Waals surface area contributed by atoms with Crippen molar-refractivity contribution in [3.8, 4) is 5.75 Å². The molecule has 0 saturated carbocycles. The van der Waals surface area contributed by atoms with Crippen LogP contribution in [-0.4, -0.2) is 30.5 Å². The van der Waals surface area contributed by atoms with Crippen molar-refractivity contribution in [2.45, 2.75) is 59.8 Å². The van der Waals surface area contributed by atoms with E-state index < -0.39 is 12.2 Å². The predicted octanol–water partition coefficient (Wildman–Crippen LogP) is 5.75. The van der Waals surface area contributed by atoms with Crippen LogP contribution >= 0.6 is 0 Å². The monoisotopic (exact) mass is 394 g/mol. The van der Waals surface area contributed by atoms with Crippen molar-refractivity contribution in [3.05, 3.63) is 18.2 Å². The molecular weight excluding hydrogens is 360 g/mol. The van der Waals surface area contributed by atoms with Gasteiger partial charge >= 0.3 is 12.2 Å². The lowest BCUT2D eigenvalue weighted by molar-refractivity contribution is 0.136. The molecule has 0 aliphatic rings. The molecule has 0 radical (unpaired) electrons. The summed E-state index contributed by atoms with van der Waals surface area (Å²) in [5.74, 6) is 0.486. The Kier molecular flexibility index (Phi) is 10.8. The summed E-state index contributed by atoms with van der Waals surface area (Å²) in [7, 11) is 0. The second-order valence-corrected chi connectivity index (χ2v) is 7.11. The van der Waals surface area contributed by atoms with Gasteiger partial charge in [-0.1, -0.05) is 53.4 Å². The van der Waals surface area contributed by atoms with Gasteiger partial charge in [-0.2, -0.15) is 0 Å². The van der Waals surface area contributed by atoms with E-state index in [2.05, 4.69) is 24.5 Å². The Hall–Kier alpha value is -2.44. The first-order valence-corrected chi connectivity index (χ1v) is 10.1. The van der Waals surface area contributed by atoms with Crippen molar-refractivity contribution in [2.24, 2.45) is 11.8 Å². The van der Waals surface area contributed by atoms with E-state index in [1.807, 2.05) is 13.8 Å². The zero-order chi connectivity index (χ0) is 20.9. The number of benzene rings is 1. The molecule has 0 spiro atoms. The molecule has 3 N–H and O–H groups in total. The smallest absolute Gasteiger partial charge is 0.411 e. The van der Waals surface area contributed by atoms with Crippen molar-refractivity contribution >= 4 is 23.6 Å². The summed E-state index contributed by atoms with van der Waals surface area (Å²) >= 11 is 0. The highest BCUT2D eigenvalue weighted by Gasteiger charge is 2.13. The van der Waals surface area contributed by atoms with Crippen LogP contribution in [0, 0.1) is 11.8 Å². The van der Waals surface area contributed by atoms with E-state index >= 15 is 0 Å². The minimum absolute atomic E-state index is 0.120. The first kappa shape index (κ1) is 23.6. The van der Waals surface area contributed by atoms with Gasteiger partial charge in [0.15, 0.2) is 0 Å². The number of phenolic OH excluding ortho intramolecular Hbond substituents is 1. The zero-order valence-corrected chi connectivity index (χ0v) is 17.4. The molecule has 0 aromatic heterocycles. The molecule has 2 atom stereocenters. The molecule has 28 heavy (non-hydrogen) atoms. The Morgan fingerprint density at radius 1 is 1.04 bits per heavy atom. The lowest BCUT2D eigenvalue weighted by atomic mass is 10.0. The van der Waals surface area contributed by atoms with Crippen molar-refractivity contribution < 1.29 is 24.2 Å². The van der Waals surface area contributed by atoms with E-state index in [0.29, 0.717) is 24.8 Å². The standard InChI is InChI=1S/C21H34N2O5/c1-5-8-9-16(7-3)14-28-20(25)22-17-10-11-19(24)18(12-17)23-21(26)27-13-15(4)6-2/h10-12,15-16,24H,5-9,13-14H2,1-4H3,(H,22,25)(H,23,26). The van der Waals surface area contributed by atoms with E-state index in [4.69, 9.17) is 9.47 Å². The topological polar surface area (TPSA) is 96.9 Å². The van der Waals surface area contributed by atoms with Gasteiger partial charge in [0.1, 0.15) is 5.75 Å². The number of ether oxygens (including phenoxy) is 2. The minimum atomic E-state index is -0.656. The predicted molar refractivity (Wildman–Crippen MR) is 111 cm³/mol. The maximum Gasteiger partial charge on any atom is 0.411 e. The summed E-state index contributed by atoms with van der Waals surface area (Å²) in [6.45, 7) is 8.87. The van der Waals surface area contributed by atoms with Crippen LogP contribution in [0.4, 0.5) is 21.0 Å².